The Morgan fingerprint density at radius 1 is 0.840 bits per heavy atom. The van der Waals surface area contributed by atoms with Gasteiger partial charge in [-0.1, -0.05) is 54.6 Å². The van der Waals surface area contributed by atoms with E-state index in [2.05, 4.69) is 25.6 Å². The van der Waals surface area contributed by atoms with E-state index in [0.29, 0.717) is 30.8 Å². The van der Waals surface area contributed by atoms with Crippen LogP contribution < -0.4 is 10.6 Å². The van der Waals surface area contributed by atoms with Crippen LogP contribution in [-0.2, 0) is 13.2 Å². The summed E-state index contributed by atoms with van der Waals surface area (Å²) in [6, 6.07) is 17.6. The van der Waals surface area contributed by atoms with Gasteiger partial charge in [0.2, 0.25) is 11.9 Å². The van der Waals surface area contributed by atoms with E-state index >= 15 is 0 Å². The van der Waals surface area contributed by atoms with Gasteiger partial charge in [-0.2, -0.15) is 15.0 Å². The van der Waals surface area contributed by atoms with E-state index in [0.717, 1.165) is 16.7 Å². The average Bonchev–Trinajstić information content (AvgIpc) is 2.67. The van der Waals surface area contributed by atoms with Crippen LogP contribution in [0.25, 0.3) is 11.4 Å². The quantitative estimate of drug-likeness (QED) is 0.615. The molecule has 0 bridgehead atoms. The van der Waals surface area contributed by atoms with Crippen molar-refractivity contribution in [1.82, 2.24) is 15.0 Å². The minimum absolute atomic E-state index is 0.0643. The molecule has 0 radical (unpaired) electrons. The predicted octanol–water partition coefficient (Wildman–Crippen LogP) is 3.07. The zero-order valence-electron chi connectivity index (χ0n) is 14.1. The lowest BCUT2D eigenvalue weighted by atomic mass is 10.1. The number of aromatic nitrogens is 3. The zero-order valence-corrected chi connectivity index (χ0v) is 14.1. The first kappa shape index (κ1) is 16.9. The number of aliphatic hydroxyl groups is 1. The van der Waals surface area contributed by atoms with E-state index < -0.39 is 0 Å². The van der Waals surface area contributed by atoms with E-state index in [1.807, 2.05) is 61.5 Å². The highest BCUT2D eigenvalue weighted by Crippen LogP contribution is 2.22. The fraction of sp³-hybridized carbons (Fsp3) is 0.211. The fourth-order valence-electron chi connectivity index (χ4n) is 2.47. The van der Waals surface area contributed by atoms with Crippen LogP contribution >= 0.6 is 0 Å². The molecule has 0 unspecified atom stereocenters. The van der Waals surface area contributed by atoms with Crippen molar-refractivity contribution in [2.24, 2.45) is 0 Å². The molecule has 3 N–H and O–H groups in total. The molecule has 128 valence electrons. The van der Waals surface area contributed by atoms with Gasteiger partial charge in [0.25, 0.3) is 0 Å². The number of hydrogen-bond acceptors (Lipinski definition) is 6. The molecule has 1 aromatic heterocycles. The van der Waals surface area contributed by atoms with Crippen molar-refractivity contribution in [3.63, 3.8) is 0 Å². The Balaban J connectivity index is 1.91. The van der Waals surface area contributed by atoms with Crippen LogP contribution in [0.15, 0.2) is 54.6 Å². The Labute approximate surface area is 147 Å². The SMILES string of the molecule is CCNc1nc(NCc2ccccc2)nc(-c2ccccc2CO)n1. The van der Waals surface area contributed by atoms with Gasteiger partial charge >= 0.3 is 0 Å². The van der Waals surface area contributed by atoms with E-state index in [-0.39, 0.29) is 6.61 Å². The van der Waals surface area contributed by atoms with Crippen molar-refractivity contribution in [2.75, 3.05) is 17.2 Å². The normalized spacial score (nSPS) is 10.5. The Kier molecular flexibility index (Phi) is 5.53. The molecule has 0 spiro atoms. The molecule has 0 saturated carbocycles. The van der Waals surface area contributed by atoms with Crippen LogP contribution in [0.2, 0.25) is 0 Å². The van der Waals surface area contributed by atoms with Crippen LogP contribution in [0.1, 0.15) is 18.1 Å². The number of nitrogens with zero attached hydrogens (tertiary/aromatic N) is 3. The summed E-state index contributed by atoms with van der Waals surface area (Å²) >= 11 is 0. The van der Waals surface area contributed by atoms with E-state index in [1.165, 1.54) is 0 Å². The number of aliphatic hydroxyl groups excluding tert-OH is 1. The summed E-state index contributed by atoms with van der Waals surface area (Å²) in [5, 5.41) is 15.9. The molecule has 2 aromatic carbocycles. The Morgan fingerprint density at radius 2 is 1.52 bits per heavy atom. The summed E-state index contributed by atoms with van der Waals surface area (Å²) in [4.78, 5) is 13.4. The van der Waals surface area contributed by atoms with Crippen LogP contribution in [-0.4, -0.2) is 26.6 Å². The number of rotatable bonds is 7. The molecular formula is C19H21N5O. The number of benzene rings is 2. The second-order valence-corrected chi connectivity index (χ2v) is 5.49. The lowest BCUT2D eigenvalue weighted by molar-refractivity contribution is 0.282. The molecule has 6 nitrogen and oxygen atoms in total. The first-order valence-electron chi connectivity index (χ1n) is 8.27. The lowest BCUT2D eigenvalue weighted by Crippen LogP contribution is -2.10. The van der Waals surface area contributed by atoms with E-state index in [1.54, 1.807) is 0 Å². The van der Waals surface area contributed by atoms with Gasteiger partial charge in [-0.05, 0) is 18.1 Å². The molecule has 0 atom stereocenters. The molecular weight excluding hydrogens is 314 g/mol. The molecule has 6 heteroatoms. The standard InChI is InChI=1S/C19H21N5O/c1-2-20-18-22-17(16-11-7-6-10-15(16)13-25)23-19(24-18)21-12-14-8-4-3-5-9-14/h3-11,25H,2,12-13H2,1H3,(H2,20,21,22,23,24). The molecule has 0 aliphatic rings. The maximum Gasteiger partial charge on any atom is 0.228 e. The summed E-state index contributed by atoms with van der Waals surface area (Å²) in [5.41, 5.74) is 2.73. The van der Waals surface area contributed by atoms with Crippen molar-refractivity contribution < 1.29 is 5.11 Å². The topological polar surface area (TPSA) is 83.0 Å². The van der Waals surface area contributed by atoms with Gasteiger partial charge in [-0.15, -0.1) is 0 Å². The van der Waals surface area contributed by atoms with Gasteiger partial charge in [-0.3, -0.25) is 0 Å². The van der Waals surface area contributed by atoms with Crippen molar-refractivity contribution >= 4 is 11.9 Å². The van der Waals surface area contributed by atoms with Gasteiger partial charge in [-0.25, -0.2) is 0 Å². The number of hydrogen-bond donors (Lipinski definition) is 3. The highest BCUT2D eigenvalue weighted by molar-refractivity contribution is 5.62. The Morgan fingerprint density at radius 3 is 2.24 bits per heavy atom. The van der Waals surface area contributed by atoms with Crippen molar-refractivity contribution in [1.29, 1.82) is 0 Å². The molecule has 3 rings (SSSR count). The summed E-state index contributed by atoms with van der Waals surface area (Å²) in [6.45, 7) is 3.26. The van der Waals surface area contributed by atoms with Crippen LogP contribution in [0.4, 0.5) is 11.9 Å². The molecule has 25 heavy (non-hydrogen) atoms. The lowest BCUT2D eigenvalue weighted by Gasteiger charge is -2.11. The van der Waals surface area contributed by atoms with Crippen molar-refractivity contribution in [3.05, 3.63) is 65.7 Å². The highest BCUT2D eigenvalue weighted by Gasteiger charge is 2.11. The highest BCUT2D eigenvalue weighted by atomic mass is 16.3. The van der Waals surface area contributed by atoms with E-state index in [9.17, 15) is 5.11 Å². The molecule has 1 heterocycles. The van der Waals surface area contributed by atoms with Crippen LogP contribution in [0, 0.1) is 0 Å². The average molecular weight is 335 g/mol. The third kappa shape index (κ3) is 4.30. The fourth-order valence-corrected chi connectivity index (χ4v) is 2.47. The second kappa shape index (κ2) is 8.21. The molecule has 0 aliphatic heterocycles. The smallest absolute Gasteiger partial charge is 0.228 e. The van der Waals surface area contributed by atoms with Gasteiger partial charge in [0.05, 0.1) is 6.61 Å². The van der Waals surface area contributed by atoms with Gasteiger partial charge in [0.15, 0.2) is 5.82 Å². The minimum Gasteiger partial charge on any atom is -0.392 e. The van der Waals surface area contributed by atoms with Gasteiger partial charge < -0.3 is 15.7 Å². The second-order valence-electron chi connectivity index (χ2n) is 5.49. The molecule has 3 aromatic rings. The summed E-state index contributed by atoms with van der Waals surface area (Å²) in [6.07, 6.45) is 0. The summed E-state index contributed by atoms with van der Waals surface area (Å²) in [7, 11) is 0. The van der Waals surface area contributed by atoms with Gasteiger partial charge in [0.1, 0.15) is 0 Å². The Bertz CT molecular complexity index is 823. The largest absolute Gasteiger partial charge is 0.392 e. The first-order chi connectivity index (χ1) is 12.3. The summed E-state index contributed by atoms with van der Waals surface area (Å²) in [5.74, 6) is 1.54. The zero-order chi connectivity index (χ0) is 17.5. The van der Waals surface area contributed by atoms with Crippen LogP contribution in [0.3, 0.4) is 0 Å². The van der Waals surface area contributed by atoms with Gasteiger partial charge in [0, 0.05) is 18.7 Å². The maximum atomic E-state index is 9.57. The molecule has 0 saturated heterocycles. The third-order valence-electron chi connectivity index (χ3n) is 3.69. The Hall–Kier alpha value is -2.99. The predicted molar refractivity (Wildman–Crippen MR) is 99.1 cm³/mol. The number of anilines is 2. The monoisotopic (exact) mass is 335 g/mol. The maximum absolute atomic E-state index is 9.57. The minimum atomic E-state index is -0.0643. The van der Waals surface area contributed by atoms with Crippen molar-refractivity contribution in [2.45, 2.75) is 20.1 Å². The third-order valence-corrected chi connectivity index (χ3v) is 3.69. The van der Waals surface area contributed by atoms with Crippen molar-refractivity contribution in [3.8, 4) is 11.4 Å². The molecule has 0 fully saturated rings. The molecule has 0 aliphatic carbocycles. The summed E-state index contributed by atoms with van der Waals surface area (Å²) < 4.78 is 0. The molecule has 0 amide bonds. The van der Waals surface area contributed by atoms with E-state index in [4.69, 9.17) is 0 Å². The first-order valence-corrected chi connectivity index (χ1v) is 8.27. The van der Waals surface area contributed by atoms with Crippen LogP contribution in [0.5, 0.6) is 0 Å². The number of nitrogens with one attached hydrogen (secondary N) is 2.